The molecule has 0 saturated heterocycles. The molecule has 0 spiro atoms. The van der Waals surface area contributed by atoms with Crippen molar-refractivity contribution in [1.82, 2.24) is 0 Å². The third-order valence-electron chi connectivity index (χ3n) is 3.98. The first-order valence-corrected chi connectivity index (χ1v) is 10.0. The summed E-state index contributed by atoms with van der Waals surface area (Å²) in [6.07, 6.45) is 0.618. The summed E-state index contributed by atoms with van der Waals surface area (Å²) in [4.78, 5) is 12.4. The first kappa shape index (κ1) is 17.0. The molecule has 1 amide bonds. The fourth-order valence-electron chi connectivity index (χ4n) is 2.73. The number of hydrogen-bond acceptors (Lipinski definition) is 3. The Kier molecular flexibility index (Phi) is 4.64. The number of anilines is 2. The Morgan fingerprint density at radius 2 is 2.04 bits per heavy atom. The Bertz CT molecular complexity index is 896. The molecule has 0 aromatic heterocycles. The molecule has 2 aromatic carbocycles. The van der Waals surface area contributed by atoms with Crippen LogP contribution in [-0.4, -0.2) is 26.6 Å². The van der Waals surface area contributed by atoms with Crippen LogP contribution in [0.3, 0.4) is 0 Å². The maximum Gasteiger partial charge on any atom is 0.255 e. The summed E-state index contributed by atoms with van der Waals surface area (Å²) in [6, 6.07) is 12.5. The van der Waals surface area contributed by atoms with E-state index in [1.165, 1.54) is 4.31 Å². The Balaban J connectivity index is 1.83. The van der Waals surface area contributed by atoms with Crippen molar-refractivity contribution < 1.29 is 13.2 Å². The molecular formula is C17H17BrN2O3S. The van der Waals surface area contributed by atoms with E-state index in [1.807, 2.05) is 24.3 Å². The molecule has 0 saturated carbocycles. The molecular weight excluding hydrogens is 392 g/mol. The third kappa shape index (κ3) is 3.32. The number of rotatable bonds is 4. The highest BCUT2D eigenvalue weighted by Crippen LogP contribution is 2.31. The summed E-state index contributed by atoms with van der Waals surface area (Å²) in [5, 5.41) is 2.84. The Hall–Kier alpha value is -1.86. The largest absolute Gasteiger partial charge is 0.322 e. The maximum absolute atomic E-state index is 12.4. The zero-order valence-electron chi connectivity index (χ0n) is 13.1. The molecule has 1 N–H and O–H groups in total. The van der Waals surface area contributed by atoms with Gasteiger partial charge in [-0.05, 0) is 55.3 Å². The molecule has 0 aliphatic carbocycles. The van der Waals surface area contributed by atoms with Crippen LogP contribution < -0.4 is 9.62 Å². The van der Waals surface area contributed by atoms with Gasteiger partial charge in [0.2, 0.25) is 10.0 Å². The number of nitrogens with zero attached hydrogens (tertiary/aromatic N) is 1. The van der Waals surface area contributed by atoms with E-state index in [-0.39, 0.29) is 11.7 Å². The first-order chi connectivity index (χ1) is 11.4. The first-order valence-electron chi connectivity index (χ1n) is 7.61. The molecule has 0 fully saturated rings. The fraction of sp³-hybridized carbons (Fsp3) is 0.235. The number of sulfonamides is 1. The van der Waals surface area contributed by atoms with Crippen LogP contribution in [0, 0.1) is 0 Å². The lowest BCUT2D eigenvalue weighted by Crippen LogP contribution is -2.30. The normalized spacial score (nSPS) is 13.7. The Morgan fingerprint density at radius 1 is 1.25 bits per heavy atom. The van der Waals surface area contributed by atoms with Crippen LogP contribution in [0.15, 0.2) is 46.9 Å². The summed E-state index contributed by atoms with van der Waals surface area (Å²) in [7, 11) is -3.27. The third-order valence-corrected chi connectivity index (χ3v) is 6.25. The molecule has 0 atom stereocenters. The van der Waals surface area contributed by atoms with Crippen molar-refractivity contribution in [3.63, 3.8) is 0 Å². The highest BCUT2D eigenvalue weighted by Gasteiger charge is 2.28. The second kappa shape index (κ2) is 6.57. The van der Waals surface area contributed by atoms with Gasteiger partial charge in [-0.3, -0.25) is 9.10 Å². The molecule has 0 unspecified atom stereocenters. The second-order valence-electron chi connectivity index (χ2n) is 5.53. The number of halogens is 1. The minimum Gasteiger partial charge on any atom is -0.322 e. The lowest BCUT2D eigenvalue weighted by molar-refractivity contribution is 0.102. The lowest BCUT2D eigenvalue weighted by Gasteiger charge is -2.18. The predicted octanol–water partition coefficient (Wildman–Crippen LogP) is 3.41. The minimum atomic E-state index is -3.27. The van der Waals surface area contributed by atoms with E-state index in [2.05, 4.69) is 21.2 Å². The number of carbonyl (C=O) groups excluding carboxylic acids is 1. The van der Waals surface area contributed by atoms with E-state index in [0.29, 0.717) is 29.9 Å². The molecule has 3 rings (SSSR count). The molecule has 1 aliphatic rings. The van der Waals surface area contributed by atoms with Crippen LogP contribution in [0.2, 0.25) is 0 Å². The number of carbonyl (C=O) groups is 1. The quantitative estimate of drug-likeness (QED) is 0.842. The van der Waals surface area contributed by atoms with Crippen LogP contribution >= 0.6 is 15.9 Å². The van der Waals surface area contributed by atoms with E-state index in [4.69, 9.17) is 0 Å². The molecule has 24 heavy (non-hydrogen) atoms. The number of nitrogens with one attached hydrogen (secondary N) is 1. The van der Waals surface area contributed by atoms with Crippen LogP contribution in [0.5, 0.6) is 0 Å². The van der Waals surface area contributed by atoms with Gasteiger partial charge in [-0.1, -0.05) is 22.0 Å². The molecule has 126 valence electrons. The molecule has 7 heteroatoms. The molecule has 0 bridgehead atoms. The van der Waals surface area contributed by atoms with Crippen molar-refractivity contribution >= 4 is 43.2 Å². The average Bonchev–Trinajstić information content (AvgIpc) is 2.98. The van der Waals surface area contributed by atoms with Gasteiger partial charge in [-0.15, -0.1) is 0 Å². The number of benzene rings is 2. The van der Waals surface area contributed by atoms with E-state index in [9.17, 15) is 13.2 Å². The number of fused-ring (bicyclic) bond motifs is 1. The van der Waals surface area contributed by atoms with Gasteiger partial charge in [0.25, 0.3) is 5.91 Å². The van der Waals surface area contributed by atoms with Gasteiger partial charge in [0.1, 0.15) is 0 Å². The summed E-state index contributed by atoms with van der Waals surface area (Å²) >= 11 is 3.37. The van der Waals surface area contributed by atoms with Crippen LogP contribution in [0.25, 0.3) is 0 Å². The van der Waals surface area contributed by atoms with Gasteiger partial charge >= 0.3 is 0 Å². The second-order valence-corrected chi connectivity index (χ2v) is 8.63. The van der Waals surface area contributed by atoms with E-state index in [1.54, 1.807) is 25.1 Å². The van der Waals surface area contributed by atoms with E-state index in [0.717, 1.165) is 10.0 Å². The monoisotopic (exact) mass is 408 g/mol. The number of hydrogen-bond donors (Lipinski definition) is 1. The van der Waals surface area contributed by atoms with Gasteiger partial charge in [0, 0.05) is 22.3 Å². The zero-order chi connectivity index (χ0) is 17.3. The summed E-state index contributed by atoms with van der Waals surface area (Å²) in [5.41, 5.74) is 2.78. The molecule has 5 nitrogen and oxygen atoms in total. The van der Waals surface area contributed by atoms with Gasteiger partial charge in [-0.2, -0.15) is 0 Å². The zero-order valence-corrected chi connectivity index (χ0v) is 15.5. The van der Waals surface area contributed by atoms with Crippen molar-refractivity contribution in [3.8, 4) is 0 Å². The van der Waals surface area contributed by atoms with Gasteiger partial charge in [0.05, 0.1) is 11.4 Å². The topological polar surface area (TPSA) is 66.5 Å². The van der Waals surface area contributed by atoms with Gasteiger partial charge in [-0.25, -0.2) is 8.42 Å². The summed E-state index contributed by atoms with van der Waals surface area (Å²) in [5.74, 6) is -0.148. The van der Waals surface area contributed by atoms with Gasteiger partial charge < -0.3 is 5.32 Å². The Labute approximate surface area is 149 Å². The van der Waals surface area contributed by atoms with Crippen molar-refractivity contribution in [2.24, 2.45) is 0 Å². The maximum atomic E-state index is 12.4. The highest BCUT2D eigenvalue weighted by molar-refractivity contribution is 9.10. The molecule has 1 aliphatic heterocycles. The molecule has 2 aromatic rings. The minimum absolute atomic E-state index is 0.0670. The SMILES string of the molecule is CCS(=O)(=O)N1CCc2cc(C(=O)Nc3cccc(Br)c3)ccc21. The summed E-state index contributed by atoms with van der Waals surface area (Å²) < 4.78 is 26.5. The van der Waals surface area contributed by atoms with Crippen LogP contribution in [0.4, 0.5) is 11.4 Å². The van der Waals surface area contributed by atoms with E-state index >= 15 is 0 Å². The highest BCUT2D eigenvalue weighted by atomic mass is 79.9. The smallest absolute Gasteiger partial charge is 0.255 e. The standard InChI is InChI=1S/C17H17BrN2O3S/c1-2-24(22,23)20-9-8-12-10-13(6-7-16(12)20)17(21)19-15-5-3-4-14(18)11-15/h3-7,10-11H,2,8-9H2,1H3,(H,19,21). The van der Waals surface area contributed by atoms with E-state index < -0.39 is 10.0 Å². The predicted molar refractivity (Wildman–Crippen MR) is 99.0 cm³/mol. The van der Waals surface area contributed by atoms with Crippen LogP contribution in [0.1, 0.15) is 22.8 Å². The van der Waals surface area contributed by atoms with Crippen molar-refractivity contribution in [3.05, 3.63) is 58.1 Å². The van der Waals surface area contributed by atoms with Crippen molar-refractivity contribution in [2.75, 3.05) is 21.9 Å². The fourth-order valence-corrected chi connectivity index (χ4v) is 4.29. The average molecular weight is 409 g/mol. The van der Waals surface area contributed by atoms with Crippen molar-refractivity contribution in [2.45, 2.75) is 13.3 Å². The van der Waals surface area contributed by atoms with Crippen LogP contribution in [-0.2, 0) is 16.4 Å². The lowest BCUT2D eigenvalue weighted by atomic mass is 10.1. The number of amides is 1. The van der Waals surface area contributed by atoms with Crippen molar-refractivity contribution in [1.29, 1.82) is 0 Å². The summed E-state index contributed by atoms with van der Waals surface area (Å²) in [6.45, 7) is 2.06. The Morgan fingerprint density at radius 3 is 2.75 bits per heavy atom. The molecule has 0 radical (unpaired) electrons. The molecule has 1 heterocycles. The van der Waals surface area contributed by atoms with Gasteiger partial charge in [0.15, 0.2) is 0 Å².